The summed E-state index contributed by atoms with van der Waals surface area (Å²) >= 11 is 0. The van der Waals surface area contributed by atoms with E-state index in [9.17, 15) is 4.79 Å². The molecule has 1 saturated heterocycles. The summed E-state index contributed by atoms with van der Waals surface area (Å²) in [5.74, 6) is 2.10. The standard InChI is InChI=1S/C16H16N4O4/c21-16(11-1-2-12-13(9-11)24-10-23-12)17-14-3-4-15(19-18-14)20-5-7-22-8-6-20/h1-4,9H,5-8,10H2,(H,17,18,21). The number of carbonyl (C=O) groups is 1. The van der Waals surface area contributed by atoms with Crippen molar-refractivity contribution in [3.05, 3.63) is 35.9 Å². The molecule has 24 heavy (non-hydrogen) atoms. The van der Waals surface area contributed by atoms with Gasteiger partial charge in [-0.15, -0.1) is 10.2 Å². The van der Waals surface area contributed by atoms with Crippen LogP contribution in [0.1, 0.15) is 10.4 Å². The highest BCUT2D eigenvalue weighted by Crippen LogP contribution is 2.32. The van der Waals surface area contributed by atoms with Gasteiger partial charge in [-0.1, -0.05) is 0 Å². The van der Waals surface area contributed by atoms with Gasteiger partial charge in [0, 0.05) is 18.7 Å². The molecule has 3 heterocycles. The number of morpholine rings is 1. The molecule has 8 heteroatoms. The predicted octanol–water partition coefficient (Wildman–Crippen LogP) is 1.29. The Labute approximate surface area is 138 Å². The zero-order valence-corrected chi connectivity index (χ0v) is 12.9. The van der Waals surface area contributed by atoms with Gasteiger partial charge in [-0.25, -0.2) is 0 Å². The number of ether oxygens (including phenoxy) is 3. The van der Waals surface area contributed by atoms with Crippen LogP contribution < -0.4 is 19.7 Å². The number of fused-ring (bicyclic) bond motifs is 1. The summed E-state index contributed by atoms with van der Waals surface area (Å²) in [6, 6.07) is 8.62. The second-order valence-corrected chi connectivity index (χ2v) is 5.40. The molecule has 1 N–H and O–H groups in total. The quantitative estimate of drug-likeness (QED) is 0.908. The van der Waals surface area contributed by atoms with E-state index in [4.69, 9.17) is 14.2 Å². The summed E-state index contributed by atoms with van der Waals surface area (Å²) in [5.41, 5.74) is 0.471. The van der Waals surface area contributed by atoms with Crippen LogP contribution in [0.4, 0.5) is 11.6 Å². The monoisotopic (exact) mass is 328 g/mol. The van der Waals surface area contributed by atoms with Crippen molar-refractivity contribution >= 4 is 17.5 Å². The Morgan fingerprint density at radius 1 is 1.04 bits per heavy atom. The Bertz CT molecular complexity index is 744. The second kappa shape index (κ2) is 6.32. The van der Waals surface area contributed by atoms with Gasteiger partial charge < -0.3 is 24.4 Å². The Hall–Kier alpha value is -2.87. The minimum absolute atomic E-state index is 0.175. The first kappa shape index (κ1) is 14.7. The Morgan fingerprint density at radius 2 is 1.88 bits per heavy atom. The summed E-state index contributed by atoms with van der Waals surface area (Å²) in [4.78, 5) is 14.4. The van der Waals surface area contributed by atoms with E-state index in [1.807, 2.05) is 6.07 Å². The normalized spacial score (nSPS) is 16.1. The van der Waals surface area contributed by atoms with Crippen LogP contribution in [0.2, 0.25) is 0 Å². The molecule has 0 spiro atoms. The van der Waals surface area contributed by atoms with Crippen LogP contribution >= 0.6 is 0 Å². The van der Waals surface area contributed by atoms with Crippen LogP contribution in [0.5, 0.6) is 11.5 Å². The molecule has 2 aromatic rings. The van der Waals surface area contributed by atoms with Crippen LogP contribution in [0.25, 0.3) is 0 Å². The fraction of sp³-hybridized carbons (Fsp3) is 0.312. The molecule has 0 unspecified atom stereocenters. The lowest BCUT2D eigenvalue weighted by molar-refractivity contribution is 0.102. The Balaban J connectivity index is 1.44. The molecule has 1 fully saturated rings. The fourth-order valence-corrected chi connectivity index (χ4v) is 2.58. The maximum absolute atomic E-state index is 12.3. The van der Waals surface area contributed by atoms with E-state index in [0.717, 1.165) is 18.9 Å². The summed E-state index contributed by atoms with van der Waals surface area (Å²) in [7, 11) is 0. The number of amides is 1. The molecule has 1 aromatic carbocycles. The average Bonchev–Trinajstić information content (AvgIpc) is 3.11. The molecule has 2 aliphatic rings. The Kier molecular flexibility index (Phi) is 3.87. The second-order valence-electron chi connectivity index (χ2n) is 5.40. The molecular weight excluding hydrogens is 312 g/mol. The zero-order valence-electron chi connectivity index (χ0n) is 12.9. The van der Waals surface area contributed by atoms with E-state index in [-0.39, 0.29) is 12.7 Å². The van der Waals surface area contributed by atoms with Crippen molar-refractivity contribution in [3.63, 3.8) is 0 Å². The van der Waals surface area contributed by atoms with Gasteiger partial charge in [-0.05, 0) is 30.3 Å². The smallest absolute Gasteiger partial charge is 0.257 e. The van der Waals surface area contributed by atoms with Gasteiger partial charge in [0.05, 0.1) is 13.2 Å². The highest BCUT2D eigenvalue weighted by Gasteiger charge is 2.17. The van der Waals surface area contributed by atoms with E-state index in [1.165, 1.54) is 0 Å². The number of nitrogens with zero attached hydrogens (tertiary/aromatic N) is 3. The molecule has 0 atom stereocenters. The number of aromatic nitrogens is 2. The SMILES string of the molecule is O=C(Nc1ccc(N2CCOCC2)nn1)c1ccc2c(c1)OCO2. The lowest BCUT2D eigenvalue weighted by Gasteiger charge is -2.27. The van der Waals surface area contributed by atoms with Crippen molar-refractivity contribution in [2.75, 3.05) is 43.3 Å². The maximum atomic E-state index is 12.3. The minimum Gasteiger partial charge on any atom is -0.454 e. The van der Waals surface area contributed by atoms with Crippen molar-refractivity contribution in [3.8, 4) is 11.5 Å². The fourth-order valence-electron chi connectivity index (χ4n) is 2.58. The number of benzene rings is 1. The van der Waals surface area contributed by atoms with Crippen molar-refractivity contribution in [2.45, 2.75) is 0 Å². The number of carbonyl (C=O) groups excluding carboxylic acids is 1. The maximum Gasteiger partial charge on any atom is 0.257 e. The summed E-state index contributed by atoms with van der Waals surface area (Å²) in [6.45, 7) is 3.12. The minimum atomic E-state index is -0.276. The number of hydrogen-bond acceptors (Lipinski definition) is 7. The molecule has 124 valence electrons. The van der Waals surface area contributed by atoms with E-state index in [0.29, 0.717) is 36.1 Å². The first-order valence-corrected chi connectivity index (χ1v) is 7.67. The molecule has 0 aliphatic carbocycles. The van der Waals surface area contributed by atoms with E-state index < -0.39 is 0 Å². The third kappa shape index (κ3) is 2.95. The van der Waals surface area contributed by atoms with Gasteiger partial charge in [0.25, 0.3) is 5.91 Å². The summed E-state index contributed by atoms with van der Waals surface area (Å²) in [6.07, 6.45) is 0. The van der Waals surface area contributed by atoms with Gasteiger partial charge in [-0.2, -0.15) is 0 Å². The Morgan fingerprint density at radius 3 is 2.67 bits per heavy atom. The molecule has 0 radical (unpaired) electrons. The molecule has 0 bridgehead atoms. The van der Waals surface area contributed by atoms with Crippen molar-refractivity contribution < 1.29 is 19.0 Å². The third-order valence-electron chi connectivity index (χ3n) is 3.86. The van der Waals surface area contributed by atoms with Gasteiger partial charge in [-0.3, -0.25) is 4.79 Å². The molecule has 1 amide bonds. The van der Waals surface area contributed by atoms with Crippen molar-refractivity contribution in [2.24, 2.45) is 0 Å². The van der Waals surface area contributed by atoms with Crippen LogP contribution in [-0.2, 0) is 4.74 Å². The summed E-state index contributed by atoms with van der Waals surface area (Å²) in [5, 5.41) is 11.0. The van der Waals surface area contributed by atoms with E-state index in [1.54, 1.807) is 24.3 Å². The number of anilines is 2. The van der Waals surface area contributed by atoms with E-state index >= 15 is 0 Å². The first-order chi connectivity index (χ1) is 11.8. The first-order valence-electron chi connectivity index (χ1n) is 7.67. The highest BCUT2D eigenvalue weighted by atomic mass is 16.7. The van der Waals surface area contributed by atoms with Crippen LogP contribution in [0.3, 0.4) is 0 Å². The molecule has 0 saturated carbocycles. The number of nitrogens with one attached hydrogen (secondary N) is 1. The van der Waals surface area contributed by atoms with E-state index in [2.05, 4.69) is 20.4 Å². The van der Waals surface area contributed by atoms with Gasteiger partial charge in [0.2, 0.25) is 6.79 Å². The van der Waals surface area contributed by atoms with Crippen molar-refractivity contribution in [1.82, 2.24) is 10.2 Å². The number of hydrogen-bond donors (Lipinski definition) is 1. The lowest BCUT2D eigenvalue weighted by atomic mass is 10.2. The van der Waals surface area contributed by atoms with Gasteiger partial charge in [0.1, 0.15) is 0 Å². The van der Waals surface area contributed by atoms with Crippen LogP contribution in [0, 0.1) is 0 Å². The van der Waals surface area contributed by atoms with Crippen LogP contribution in [-0.4, -0.2) is 49.2 Å². The molecule has 8 nitrogen and oxygen atoms in total. The van der Waals surface area contributed by atoms with Gasteiger partial charge >= 0.3 is 0 Å². The molecular formula is C16H16N4O4. The summed E-state index contributed by atoms with van der Waals surface area (Å²) < 4.78 is 15.8. The zero-order chi connectivity index (χ0) is 16.4. The average molecular weight is 328 g/mol. The predicted molar refractivity (Wildman–Crippen MR) is 85.6 cm³/mol. The highest BCUT2D eigenvalue weighted by molar-refractivity contribution is 6.04. The third-order valence-corrected chi connectivity index (χ3v) is 3.86. The molecule has 4 rings (SSSR count). The lowest BCUT2D eigenvalue weighted by Crippen LogP contribution is -2.36. The number of rotatable bonds is 3. The topological polar surface area (TPSA) is 85.8 Å². The van der Waals surface area contributed by atoms with Gasteiger partial charge in [0.15, 0.2) is 23.1 Å². The molecule has 2 aliphatic heterocycles. The largest absolute Gasteiger partial charge is 0.454 e. The molecule has 1 aromatic heterocycles. The van der Waals surface area contributed by atoms with Crippen molar-refractivity contribution in [1.29, 1.82) is 0 Å². The van der Waals surface area contributed by atoms with Crippen LogP contribution in [0.15, 0.2) is 30.3 Å².